The van der Waals surface area contributed by atoms with Gasteiger partial charge in [-0.15, -0.1) is 0 Å². The Balaban J connectivity index is 2.69. The Hall–Kier alpha value is -2.24. The molecule has 3 N–H and O–H groups in total. The molecule has 0 fully saturated rings. The maximum Gasteiger partial charge on any atom is 0.321 e. The number of hydrogen-bond donors (Lipinski definition) is 3. The third-order valence-electron chi connectivity index (χ3n) is 2.85. The van der Waals surface area contributed by atoms with Crippen LogP contribution in [0.25, 0.3) is 0 Å². The van der Waals surface area contributed by atoms with E-state index in [0.29, 0.717) is 11.4 Å². The van der Waals surface area contributed by atoms with E-state index in [1.165, 1.54) is 0 Å². The Labute approximate surface area is 131 Å². The van der Waals surface area contributed by atoms with Gasteiger partial charge in [-0.05, 0) is 52.3 Å². The Bertz CT molecular complexity index is 550. The van der Waals surface area contributed by atoms with E-state index in [2.05, 4.69) is 16.0 Å². The van der Waals surface area contributed by atoms with Crippen molar-refractivity contribution in [3.05, 3.63) is 23.8 Å². The van der Waals surface area contributed by atoms with Gasteiger partial charge in [0.15, 0.2) is 0 Å². The molecule has 0 radical (unpaired) electrons. The summed E-state index contributed by atoms with van der Waals surface area (Å²) in [5.74, 6) is 0.231. The molecule has 0 aliphatic heterocycles. The summed E-state index contributed by atoms with van der Waals surface area (Å²) in [7, 11) is 1.57. The van der Waals surface area contributed by atoms with Crippen LogP contribution in [0.3, 0.4) is 0 Å². The third-order valence-corrected chi connectivity index (χ3v) is 2.85. The molecule has 0 spiro atoms. The standard InChI is InChI=1S/C16H25N3O3/c1-10-7-8-13(22-6)12(9-10)17-11(2)14(20)18-15(21)19-16(3,4)5/h7-9,11,17H,1-6H3,(H2,18,19,20,21). The highest BCUT2D eigenvalue weighted by Crippen LogP contribution is 2.25. The lowest BCUT2D eigenvalue weighted by molar-refractivity contribution is -0.120. The van der Waals surface area contributed by atoms with Crippen molar-refractivity contribution in [3.63, 3.8) is 0 Å². The number of nitrogens with one attached hydrogen (secondary N) is 3. The van der Waals surface area contributed by atoms with Crippen molar-refractivity contribution in [1.82, 2.24) is 10.6 Å². The van der Waals surface area contributed by atoms with E-state index in [0.717, 1.165) is 5.56 Å². The molecule has 1 atom stereocenters. The number of methoxy groups -OCH3 is 1. The number of carbonyl (C=O) groups excluding carboxylic acids is 2. The molecule has 1 rings (SSSR count). The van der Waals surface area contributed by atoms with E-state index in [4.69, 9.17) is 4.74 Å². The summed E-state index contributed by atoms with van der Waals surface area (Å²) < 4.78 is 5.25. The Morgan fingerprint density at radius 1 is 1.23 bits per heavy atom. The molecular weight excluding hydrogens is 282 g/mol. The number of aryl methyl sites for hydroxylation is 1. The number of ether oxygens (including phenoxy) is 1. The van der Waals surface area contributed by atoms with Crippen molar-refractivity contribution in [3.8, 4) is 5.75 Å². The number of imide groups is 1. The predicted molar refractivity (Wildman–Crippen MR) is 87.2 cm³/mol. The second kappa shape index (κ2) is 7.15. The van der Waals surface area contributed by atoms with Crippen molar-refractivity contribution >= 4 is 17.6 Å². The quantitative estimate of drug-likeness (QED) is 0.798. The molecule has 0 heterocycles. The Morgan fingerprint density at radius 2 is 1.86 bits per heavy atom. The zero-order valence-electron chi connectivity index (χ0n) is 14.0. The van der Waals surface area contributed by atoms with Crippen LogP contribution in [-0.4, -0.2) is 30.6 Å². The van der Waals surface area contributed by atoms with Gasteiger partial charge < -0.3 is 15.4 Å². The van der Waals surface area contributed by atoms with Crippen LogP contribution in [0, 0.1) is 6.92 Å². The summed E-state index contributed by atoms with van der Waals surface area (Å²) in [4.78, 5) is 23.8. The molecule has 6 heteroatoms. The number of rotatable bonds is 4. The normalized spacial score (nSPS) is 12.3. The minimum absolute atomic E-state index is 0.402. The first kappa shape index (κ1) is 17.8. The zero-order chi connectivity index (χ0) is 16.9. The maximum atomic E-state index is 12.1. The van der Waals surface area contributed by atoms with E-state index >= 15 is 0 Å². The van der Waals surface area contributed by atoms with Gasteiger partial charge in [0.25, 0.3) is 0 Å². The van der Waals surface area contributed by atoms with E-state index in [-0.39, 0.29) is 0 Å². The third kappa shape index (κ3) is 5.63. The molecule has 0 bridgehead atoms. The van der Waals surface area contributed by atoms with Crippen molar-refractivity contribution in [2.45, 2.75) is 46.2 Å². The molecule has 1 aromatic carbocycles. The lowest BCUT2D eigenvalue weighted by Gasteiger charge is -2.22. The highest BCUT2D eigenvalue weighted by atomic mass is 16.5. The molecule has 0 saturated heterocycles. The SMILES string of the molecule is COc1ccc(C)cc1NC(C)C(=O)NC(=O)NC(C)(C)C. The van der Waals surface area contributed by atoms with E-state index < -0.39 is 23.5 Å². The van der Waals surface area contributed by atoms with Crippen molar-refractivity contribution in [2.24, 2.45) is 0 Å². The van der Waals surface area contributed by atoms with Crippen LogP contribution in [0.4, 0.5) is 10.5 Å². The van der Waals surface area contributed by atoms with Gasteiger partial charge in [0.2, 0.25) is 5.91 Å². The molecule has 0 aromatic heterocycles. The number of urea groups is 1. The smallest absolute Gasteiger partial charge is 0.321 e. The average Bonchev–Trinajstić information content (AvgIpc) is 2.36. The zero-order valence-corrected chi connectivity index (χ0v) is 14.0. The molecule has 22 heavy (non-hydrogen) atoms. The van der Waals surface area contributed by atoms with Crippen LogP contribution in [0.5, 0.6) is 5.75 Å². The summed E-state index contributed by atoms with van der Waals surface area (Å²) in [6.07, 6.45) is 0. The van der Waals surface area contributed by atoms with Crippen LogP contribution in [-0.2, 0) is 4.79 Å². The maximum absolute atomic E-state index is 12.1. The van der Waals surface area contributed by atoms with Gasteiger partial charge in [-0.2, -0.15) is 0 Å². The lowest BCUT2D eigenvalue weighted by Crippen LogP contribution is -2.51. The first-order valence-electron chi connectivity index (χ1n) is 7.16. The van der Waals surface area contributed by atoms with E-state index in [9.17, 15) is 9.59 Å². The summed E-state index contributed by atoms with van der Waals surface area (Å²) in [6.45, 7) is 9.16. The molecule has 0 saturated carbocycles. The van der Waals surface area contributed by atoms with Crippen molar-refractivity contribution in [2.75, 3.05) is 12.4 Å². The van der Waals surface area contributed by atoms with Gasteiger partial charge >= 0.3 is 6.03 Å². The second-order valence-electron chi connectivity index (χ2n) is 6.26. The number of benzene rings is 1. The monoisotopic (exact) mass is 307 g/mol. The average molecular weight is 307 g/mol. The lowest BCUT2D eigenvalue weighted by atomic mass is 10.1. The summed E-state index contributed by atoms with van der Waals surface area (Å²) >= 11 is 0. The van der Waals surface area contributed by atoms with Gasteiger partial charge in [0, 0.05) is 5.54 Å². The molecule has 0 aliphatic carbocycles. The van der Waals surface area contributed by atoms with Gasteiger partial charge in [-0.1, -0.05) is 6.07 Å². The van der Waals surface area contributed by atoms with Crippen molar-refractivity contribution < 1.29 is 14.3 Å². The topological polar surface area (TPSA) is 79.5 Å². The van der Waals surface area contributed by atoms with Gasteiger partial charge in [-0.3, -0.25) is 10.1 Å². The molecule has 1 aromatic rings. The predicted octanol–water partition coefficient (Wildman–Crippen LogP) is 2.43. The molecule has 3 amide bonds. The van der Waals surface area contributed by atoms with Gasteiger partial charge in [-0.25, -0.2) is 4.79 Å². The highest BCUT2D eigenvalue weighted by Gasteiger charge is 2.20. The van der Waals surface area contributed by atoms with E-state index in [1.54, 1.807) is 14.0 Å². The summed E-state index contributed by atoms with van der Waals surface area (Å²) in [5.41, 5.74) is 1.35. The number of amides is 3. The number of anilines is 1. The highest BCUT2D eigenvalue weighted by molar-refractivity contribution is 5.98. The first-order valence-corrected chi connectivity index (χ1v) is 7.16. The Kier molecular flexibility index (Phi) is 5.79. The van der Waals surface area contributed by atoms with Gasteiger partial charge in [0.05, 0.1) is 12.8 Å². The largest absolute Gasteiger partial charge is 0.495 e. The number of carbonyl (C=O) groups is 2. The minimum Gasteiger partial charge on any atom is -0.495 e. The van der Waals surface area contributed by atoms with Crippen LogP contribution in [0.2, 0.25) is 0 Å². The minimum atomic E-state index is -0.582. The summed E-state index contributed by atoms with van der Waals surface area (Å²) in [6, 6.07) is 4.54. The van der Waals surface area contributed by atoms with Crippen molar-refractivity contribution in [1.29, 1.82) is 0 Å². The van der Waals surface area contributed by atoms with Crippen LogP contribution < -0.4 is 20.7 Å². The Morgan fingerprint density at radius 3 is 2.41 bits per heavy atom. The molecular formula is C16H25N3O3. The van der Waals surface area contributed by atoms with Crippen LogP contribution >= 0.6 is 0 Å². The molecule has 0 aliphatic rings. The first-order chi connectivity index (χ1) is 10.1. The molecule has 6 nitrogen and oxygen atoms in total. The molecule has 122 valence electrons. The van der Waals surface area contributed by atoms with Gasteiger partial charge in [0.1, 0.15) is 11.8 Å². The van der Waals surface area contributed by atoms with E-state index in [1.807, 2.05) is 45.9 Å². The van der Waals surface area contributed by atoms with Crippen LogP contribution in [0.15, 0.2) is 18.2 Å². The summed E-state index contributed by atoms with van der Waals surface area (Å²) in [5, 5.41) is 8.05. The fourth-order valence-electron chi connectivity index (χ4n) is 1.83. The fraction of sp³-hybridized carbons (Fsp3) is 0.500. The fourth-order valence-corrected chi connectivity index (χ4v) is 1.83. The molecule has 1 unspecified atom stereocenters. The number of hydrogen-bond acceptors (Lipinski definition) is 4. The second-order valence-corrected chi connectivity index (χ2v) is 6.26. The van der Waals surface area contributed by atoms with Crippen LogP contribution in [0.1, 0.15) is 33.3 Å².